The number of aliphatic hydroxyl groups is 1. The SMILES string of the molecule is N[C@H]1CN(c2ncc(OCC3CCN(c4ncc(Cl)cn4)CC3O)cn2)C[C@@H]1c1cc(F)ccc1F. The number of anilines is 2. The zero-order chi connectivity index (χ0) is 25.2. The van der Waals surface area contributed by atoms with Gasteiger partial charge in [0.1, 0.15) is 11.6 Å². The molecule has 2 aliphatic heterocycles. The molecule has 0 spiro atoms. The molecule has 2 aliphatic rings. The van der Waals surface area contributed by atoms with E-state index >= 15 is 0 Å². The lowest BCUT2D eigenvalue weighted by atomic mass is 9.94. The highest BCUT2D eigenvalue weighted by Crippen LogP contribution is 2.31. The van der Waals surface area contributed by atoms with Crippen LogP contribution < -0.4 is 20.3 Å². The average molecular weight is 518 g/mol. The lowest BCUT2D eigenvalue weighted by molar-refractivity contribution is 0.0611. The zero-order valence-corrected chi connectivity index (χ0v) is 20.1. The van der Waals surface area contributed by atoms with Crippen molar-refractivity contribution >= 4 is 23.5 Å². The van der Waals surface area contributed by atoms with Crippen LogP contribution in [-0.2, 0) is 0 Å². The Kier molecular flexibility index (Phi) is 7.13. The van der Waals surface area contributed by atoms with Crippen molar-refractivity contribution in [1.82, 2.24) is 19.9 Å². The summed E-state index contributed by atoms with van der Waals surface area (Å²) in [5.74, 6) is 0.0448. The number of rotatable bonds is 6. The second-order valence-corrected chi connectivity index (χ2v) is 9.57. The molecule has 36 heavy (non-hydrogen) atoms. The van der Waals surface area contributed by atoms with Crippen LogP contribution in [0.15, 0.2) is 43.0 Å². The number of nitrogens with two attached hydrogens (primary N) is 1. The minimum absolute atomic E-state index is 0.0632. The predicted octanol–water partition coefficient (Wildman–Crippen LogP) is 2.40. The van der Waals surface area contributed by atoms with Crippen molar-refractivity contribution in [2.45, 2.75) is 24.5 Å². The molecule has 0 bridgehead atoms. The van der Waals surface area contributed by atoms with E-state index in [0.29, 0.717) is 61.9 Å². The maximum absolute atomic E-state index is 14.2. The molecule has 0 saturated carbocycles. The Hall–Kier alpha value is -3.15. The first-order valence-electron chi connectivity index (χ1n) is 11.7. The van der Waals surface area contributed by atoms with Gasteiger partial charge in [0.15, 0.2) is 5.75 Å². The third-order valence-electron chi connectivity index (χ3n) is 6.70. The Bertz CT molecular complexity index is 1190. The number of aromatic nitrogens is 4. The molecule has 1 aromatic carbocycles. The molecule has 2 saturated heterocycles. The predicted molar refractivity (Wildman–Crippen MR) is 130 cm³/mol. The smallest absolute Gasteiger partial charge is 0.225 e. The second-order valence-electron chi connectivity index (χ2n) is 9.13. The lowest BCUT2D eigenvalue weighted by Crippen LogP contribution is -2.46. The minimum Gasteiger partial charge on any atom is -0.490 e. The molecular formula is C24H26ClF2N7O2. The summed E-state index contributed by atoms with van der Waals surface area (Å²) < 4.78 is 33.7. The number of aliphatic hydroxyl groups excluding tert-OH is 1. The summed E-state index contributed by atoms with van der Waals surface area (Å²) in [5.41, 5.74) is 6.49. The Morgan fingerprint density at radius 1 is 1.00 bits per heavy atom. The van der Waals surface area contributed by atoms with Crippen molar-refractivity contribution in [2.24, 2.45) is 11.7 Å². The van der Waals surface area contributed by atoms with E-state index in [9.17, 15) is 13.9 Å². The van der Waals surface area contributed by atoms with Crippen LogP contribution in [0.25, 0.3) is 0 Å². The van der Waals surface area contributed by atoms with Gasteiger partial charge in [0.25, 0.3) is 0 Å². The zero-order valence-electron chi connectivity index (χ0n) is 19.3. The minimum atomic E-state index is -0.607. The quantitative estimate of drug-likeness (QED) is 0.508. The molecule has 4 atom stereocenters. The fourth-order valence-corrected chi connectivity index (χ4v) is 4.79. The van der Waals surface area contributed by atoms with Crippen LogP contribution in [0.2, 0.25) is 5.02 Å². The van der Waals surface area contributed by atoms with E-state index in [2.05, 4.69) is 19.9 Å². The fourth-order valence-electron chi connectivity index (χ4n) is 4.70. The molecule has 3 N–H and O–H groups in total. The van der Waals surface area contributed by atoms with E-state index in [1.54, 1.807) is 12.4 Å². The Labute approximate surface area is 211 Å². The lowest BCUT2D eigenvalue weighted by Gasteiger charge is -2.35. The second kappa shape index (κ2) is 10.5. The first-order chi connectivity index (χ1) is 17.4. The maximum Gasteiger partial charge on any atom is 0.225 e. The van der Waals surface area contributed by atoms with E-state index in [0.717, 1.165) is 12.1 Å². The van der Waals surface area contributed by atoms with Gasteiger partial charge in [0.05, 0.1) is 42.5 Å². The molecule has 12 heteroatoms. The highest BCUT2D eigenvalue weighted by molar-refractivity contribution is 6.30. The third-order valence-corrected chi connectivity index (χ3v) is 6.89. The highest BCUT2D eigenvalue weighted by Gasteiger charge is 2.34. The number of halogens is 3. The molecule has 2 fully saturated rings. The number of benzene rings is 1. The van der Waals surface area contributed by atoms with E-state index in [1.807, 2.05) is 9.80 Å². The van der Waals surface area contributed by atoms with Gasteiger partial charge in [-0.05, 0) is 30.2 Å². The molecule has 0 amide bonds. The maximum atomic E-state index is 14.2. The summed E-state index contributed by atoms with van der Waals surface area (Å²) in [6.45, 7) is 2.19. The van der Waals surface area contributed by atoms with Crippen molar-refractivity contribution in [2.75, 3.05) is 42.6 Å². The summed E-state index contributed by atoms with van der Waals surface area (Å²) in [4.78, 5) is 20.9. The Morgan fingerprint density at radius 2 is 1.69 bits per heavy atom. The van der Waals surface area contributed by atoms with Crippen molar-refractivity contribution in [1.29, 1.82) is 0 Å². The van der Waals surface area contributed by atoms with Crippen molar-refractivity contribution < 1.29 is 18.6 Å². The Morgan fingerprint density at radius 3 is 2.42 bits per heavy atom. The topological polar surface area (TPSA) is 114 Å². The van der Waals surface area contributed by atoms with Crippen molar-refractivity contribution in [3.63, 3.8) is 0 Å². The normalized spacial score (nSPS) is 24.2. The van der Waals surface area contributed by atoms with E-state index in [1.165, 1.54) is 18.5 Å². The van der Waals surface area contributed by atoms with E-state index < -0.39 is 17.7 Å². The molecule has 4 heterocycles. The van der Waals surface area contributed by atoms with Gasteiger partial charge in [0.2, 0.25) is 11.9 Å². The number of ether oxygens (including phenoxy) is 1. The van der Waals surface area contributed by atoms with Crippen LogP contribution in [-0.4, -0.2) is 70.0 Å². The summed E-state index contributed by atoms with van der Waals surface area (Å²) in [6, 6.07) is 3.03. The molecular weight excluding hydrogens is 492 g/mol. The third kappa shape index (κ3) is 5.32. The number of β-amino-alcohol motifs (C(OH)–C–C–N with tert-alkyl or cyclic N) is 1. The number of piperidine rings is 1. The molecule has 190 valence electrons. The molecule has 0 aliphatic carbocycles. The van der Waals surface area contributed by atoms with E-state index in [4.69, 9.17) is 22.1 Å². The Balaban J connectivity index is 1.15. The van der Waals surface area contributed by atoms with Gasteiger partial charge in [0, 0.05) is 44.1 Å². The number of hydrogen-bond acceptors (Lipinski definition) is 9. The van der Waals surface area contributed by atoms with Gasteiger partial charge < -0.3 is 25.4 Å². The van der Waals surface area contributed by atoms with Crippen LogP contribution in [0.1, 0.15) is 17.9 Å². The van der Waals surface area contributed by atoms with Crippen LogP contribution >= 0.6 is 11.6 Å². The summed E-state index contributed by atoms with van der Waals surface area (Å²) in [6.07, 6.45) is 6.29. The molecule has 2 aromatic heterocycles. The van der Waals surface area contributed by atoms with Gasteiger partial charge in [-0.25, -0.2) is 28.7 Å². The first-order valence-corrected chi connectivity index (χ1v) is 12.1. The van der Waals surface area contributed by atoms with Crippen LogP contribution in [0.5, 0.6) is 5.75 Å². The van der Waals surface area contributed by atoms with Crippen LogP contribution in [0.3, 0.4) is 0 Å². The van der Waals surface area contributed by atoms with Crippen molar-refractivity contribution in [3.8, 4) is 5.75 Å². The monoisotopic (exact) mass is 517 g/mol. The number of nitrogens with zero attached hydrogens (tertiary/aromatic N) is 6. The molecule has 2 unspecified atom stereocenters. The fraction of sp³-hybridized carbons (Fsp3) is 0.417. The van der Waals surface area contributed by atoms with Crippen LogP contribution in [0.4, 0.5) is 20.7 Å². The summed E-state index contributed by atoms with van der Waals surface area (Å²) in [5, 5.41) is 11.1. The molecule has 5 rings (SSSR count). The van der Waals surface area contributed by atoms with Crippen molar-refractivity contribution in [3.05, 3.63) is 65.2 Å². The first kappa shape index (κ1) is 24.5. The van der Waals surface area contributed by atoms with Gasteiger partial charge in [-0.3, -0.25) is 0 Å². The van der Waals surface area contributed by atoms with E-state index in [-0.39, 0.29) is 23.4 Å². The molecule has 3 aromatic rings. The van der Waals surface area contributed by atoms with Gasteiger partial charge in [-0.2, -0.15) is 0 Å². The summed E-state index contributed by atoms with van der Waals surface area (Å²) >= 11 is 5.84. The molecule has 0 radical (unpaired) electrons. The molecule has 9 nitrogen and oxygen atoms in total. The average Bonchev–Trinajstić information content (AvgIpc) is 3.27. The highest BCUT2D eigenvalue weighted by atomic mass is 35.5. The largest absolute Gasteiger partial charge is 0.490 e. The standard InChI is InChI=1S/C24H26ClF2N7O2/c25-15-6-29-23(30-7-15)33-4-3-14(22(35)12-33)13-36-17-8-31-24(32-9-17)34-10-19(21(28)11-34)18-5-16(26)1-2-20(18)27/h1-2,5-9,14,19,21-22,35H,3-4,10-13,28H2/t14?,19-,21+,22?/m1/s1. The van der Waals surface area contributed by atoms with Gasteiger partial charge >= 0.3 is 0 Å². The number of hydrogen-bond donors (Lipinski definition) is 2. The van der Waals surface area contributed by atoms with Crippen LogP contribution in [0, 0.1) is 17.6 Å². The summed E-state index contributed by atoms with van der Waals surface area (Å²) in [7, 11) is 0. The van der Waals surface area contributed by atoms with Gasteiger partial charge in [-0.15, -0.1) is 0 Å². The van der Waals surface area contributed by atoms with Gasteiger partial charge in [-0.1, -0.05) is 11.6 Å².